The Morgan fingerprint density at radius 3 is 2.77 bits per heavy atom. The maximum atomic E-state index is 13.0. The number of carbonyl (C=O) groups excluding carboxylic acids is 3. The first-order valence-corrected chi connectivity index (χ1v) is 12.6. The van der Waals surface area contributed by atoms with E-state index >= 15 is 0 Å². The molecule has 0 saturated carbocycles. The van der Waals surface area contributed by atoms with Gasteiger partial charge in [0.2, 0.25) is 28.1 Å². The van der Waals surface area contributed by atoms with Crippen LogP contribution in [0.5, 0.6) is 0 Å². The molecule has 182 valence electrons. The van der Waals surface area contributed by atoms with Crippen molar-refractivity contribution in [2.75, 3.05) is 11.9 Å². The number of carbonyl (C=O) groups is 3. The van der Waals surface area contributed by atoms with E-state index in [4.69, 9.17) is 0 Å². The topological polar surface area (TPSA) is 104 Å². The van der Waals surface area contributed by atoms with Crippen LogP contribution in [-0.2, 0) is 27.8 Å². The van der Waals surface area contributed by atoms with E-state index < -0.39 is 42.0 Å². The van der Waals surface area contributed by atoms with Crippen LogP contribution in [0.4, 0.5) is 19.0 Å². The second kappa shape index (κ2) is 8.31. The average Bonchev–Trinajstić information content (AvgIpc) is 3.31. The highest BCUT2D eigenvalue weighted by atomic mass is 27.0. The molecule has 3 aliphatic rings. The van der Waals surface area contributed by atoms with Crippen LogP contribution in [0.2, 0.25) is 4.78 Å². The summed E-state index contributed by atoms with van der Waals surface area (Å²) in [5.41, 5.74) is 1.93. The predicted octanol–water partition coefficient (Wildman–Crippen LogP) is 1.17. The van der Waals surface area contributed by atoms with Crippen LogP contribution in [-0.4, -0.2) is 73.7 Å². The summed E-state index contributed by atoms with van der Waals surface area (Å²) < 4.78 is 39.0. The van der Waals surface area contributed by atoms with Gasteiger partial charge in [0.1, 0.15) is 24.7 Å². The van der Waals surface area contributed by atoms with Crippen molar-refractivity contribution < 1.29 is 27.6 Å². The molecule has 1 spiro atoms. The fourth-order valence-corrected chi connectivity index (χ4v) is 6.28. The van der Waals surface area contributed by atoms with E-state index in [2.05, 4.69) is 20.6 Å². The molecule has 35 heavy (non-hydrogen) atoms. The lowest BCUT2D eigenvalue weighted by Gasteiger charge is -2.42. The molecule has 1 aliphatic carbocycles. The SMILES string of the molecule is C[C@@H]1[C@@H]([AlH2])C[C@H](NC(=O)c2ccc3c(c2)C[C@@]2(C3)C(=O)Nc3ncncc32)C(=O)N1CC(F)(F)F. The number of nitrogens with zero attached hydrogens (tertiary/aromatic N) is 3. The molecule has 3 amide bonds. The Morgan fingerprint density at radius 1 is 1.29 bits per heavy atom. The van der Waals surface area contributed by atoms with Gasteiger partial charge in [-0.05, 0) is 49.4 Å². The summed E-state index contributed by atoms with van der Waals surface area (Å²) >= 11 is 0.594. The zero-order valence-corrected chi connectivity index (χ0v) is 21.1. The van der Waals surface area contributed by atoms with E-state index in [1.54, 1.807) is 31.3 Å². The molecule has 1 aromatic carbocycles. The minimum atomic E-state index is -4.51. The summed E-state index contributed by atoms with van der Waals surface area (Å²) in [5, 5.41) is 5.45. The van der Waals surface area contributed by atoms with Gasteiger partial charge in [-0.3, -0.25) is 14.4 Å². The number of likely N-dealkylation sites (tertiary alicyclic amines) is 1. The van der Waals surface area contributed by atoms with Gasteiger partial charge in [0.25, 0.3) is 5.91 Å². The summed E-state index contributed by atoms with van der Waals surface area (Å²) in [7, 11) is 0. The Labute approximate surface area is 207 Å². The van der Waals surface area contributed by atoms with Crippen molar-refractivity contribution in [3.63, 3.8) is 0 Å². The molecule has 12 heteroatoms. The maximum Gasteiger partial charge on any atom is 0.406 e. The molecule has 4 atom stereocenters. The zero-order chi connectivity index (χ0) is 25.1. The van der Waals surface area contributed by atoms with E-state index in [1.807, 2.05) is 0 Å². The largest absolute Gasteiger partial charge is 0.406 e. The Kier molecular flexibility index (Phi) is 5.64. The van der Waals surface area contributed by atoms with E-state index in [-0.39, 0.29) is 10.7 Å². The lowest BCUT2D eigenvalue weighted by Crippen LogP contribution is -2.59. The van der Waals surface area contributed by atoms with E-state index in [1.165, 1.54) is 6.33 Å². The molecule has 2 aliphatic heterocycles. The van der Waals surface area contributed by atoms with Gasteiger partial charge in [0.05, 0.1) is 5.41 Å². The summed E-state index contributed by atoms with van der Waals surface area (Å²) in [5.74, 6) is -0.918. The number of halogens is 3. The Bertz CT molecular complexity index is 1240. The summed E-state index contributed by atoms with van der Waals surface area (Å²) in [6.45, 7) is 0.296. The molecular weight excluding hydrogens is 478 g/mol. The van der Waals surface area contributed by atoms with Crippen molar-refractivity contribution in [1.29, 1.82) is 0 Å². The van der Waals surface area contributed by atoms with Crippen molar-refractivity contribution >= 4 is 39.8 Å². The number of piperidine rings is 1. The molecule has 8 nitrogen and oxygen atoms in total. The van der Waals surface area contributed by atoms with Crippen LogP contribution in [0.25, 0.3) is 0 Å². The summed E-state index contributed by atoms with van der Waals surface area (Å²) in [6, 6.07) is 3.56. The van der Waals surface area contributed by atoms with Crippen LogP contribution >= 0.6 is 0 Å². The summed E-state index contributed by atoms with van der Waals surface area (Å²) in [4.78, 5) is 47.7. The number of fused-ring (bicyclic) bond motifs is 3. The number of anilines is 1. The molecule has 1 saturated heterocycles. The first-order valence-electron chi connectivity index (χ1n) is 11.4. The molecule has 2 aromatic rings. The second-order valence-electron chi connectivity index (χ2n) is 9.72. The average molecular weight is 501 g/mol. The molecule has 3 heterocycles. The smallest absolute Gasteiger partial charge is 0.340 e. The number of alkyl halides is 3. The second-order valence-corrected chi connectivity index (χ2v) is 11.2. The van der Waals surface area contributed by atoms with E-state index in [0.717, 1.165) is 21.6 Å². The molecule has 5 rings (SSSR count). The third kappa shape index (κ3) is 4.08. The van der Waals surface area contributed by atoms with Crippen LogP contribution < -0.4 is 10.6 Å². The maximum absolute atomic E-state index is 13.0. The van der Waals surface area contributed by atoms with Gasteiger partial charge in [-0.15, -0.1) is 0 Å². The highest BCUT2D eigenvalue weighted by Gasteiger charge is 2.51. The van der Waals surface area contributed by atoms with Crippen molar-refractivity contribution in [3.8, 4) is 0 Å². The Balaban J connectivity index is 1.34. The van der Waals surface area contributed by atoms with Crippen molar-refractivity contribution in [2.45, 2.75) is 54.6 Å². The molecule has 0 radical (unpaired) electrons. The van der Waals surface area contributed by atoms with Gasteiger partial charge in [-0.2, -0.15) is 13.2 Å². The van der Waals surface area contributed by atoms with E-state index in [0.29, 0.717) is 46.9 Å². The molecule has 2 N–H and O–H groups in total. The number of benzene rings is 1. The lowest BCUT2D eigenvalue weighted by atomic mass is 9.80. The number of amides is 3. The van der Waals surface area contributed by atoms with Gasteiger partial charge < -0.3 is 15.5 Å². The predicted molar refractivity (Wildman–Crippen MR) is 122 cm³/mol. The first-order chi connectivity index (χ1) is 16.5. The minimum Gasteiger partial charge on any atom is -0.340 e. The van der Waals surface area contributed by atoms with E-state index in [9.17, 15) is 27.6 Å². The first kappa shape index (κ1) is 23.8. The molecule has 1 fully saturated rings. The molecule has 1 aromatic heterocycles. The van der Waals surface area contributed by atoms with Gasteiger partial charge in [-0.1, -0.05) is 10.8 Å². The molecule has 0 unspecified atom stereocenters. The fourth-order valence-electron chi connectivity index (χ4n) is 5.45. The van der Waals surface area contributed by atoms with Gasteiger partial charge in [0, 0.05) is 23.4 Å². The number of aromatic nitrogens is 2. The third-order valence-corrected chi connectivity index (χ3v) is 8.94. The van der Waals surface area contributed by atoms with Gasteiger partial charge >= 0.3 is 6.18 Å². The van der Waals surface area contributed by atoms with Gasteiger partial charge in [-0.25, -0.2) is 9.97 Å². The standard InChI is InChI=1S/C23H21F3N5O3.Al.2H/c1-12-2-5-17(20(33)31(12)10-23(24,25)26)29-19(32)13-3-4-14-7-22(8-15(14)6-13)16-9-27-11-28-18(16)30-21(22)34;;;/h2-4,6,9,11-12,17H,5,7-8,10H2,1H3,(H,29,32)(H,27,28,30,34);;;/t12-,17+,22-;;;/m1.../s1. The third-order valence-electron chi connectivity index (χ3n) is 7.51. The number of hydrogen-bond donors (Lipinski definition) is 2. The number of nitrogens with one attached hydrogen (secondary N) is 2. The van der Waals surface area contributed by atoms with Crippen molar-refractivity contribution in [3.05, 3.63) is 53.0 Å². The van der Waals surface area contributed by atoms with Crippen LogP contribution in [0, 0.1) is 0 Å². The van der Waals surface area contributed by atoms with Crippen LogP contribution in [0.1, 0.15) is 40.4 Å². The van der Waals surface area contributed by atoms with Crippen LogP contribution in [0.15, 0.2) is 30.7 Å². The Morgan fingerprint density at radius 2 is 2.03 bits per heavy atom. The normalized spacial score (nSPS) is 27.5. The fraction of sp³-hybridized carbons (Fsp3) is 0.435. The zero-order valence-electron chi connectivity index (χ0n) is 19.1. The van der Waals surface area contributed by atoms with Crippen molar-refractivity contribution in [2.24, 2.45) is 0 Å². The quantitative estimate of drug-likeness (QED) is 0.615. The number of rotatable bonds is 3. The highest BCUT2D eigenvalue weighted by molar-refractivity contribution is 6.13. The monoisotopic (exact) mass is 501 g/mol. The minimum absolute atomic E-state index is 0.0802. The molecule has 0 bridgehead atoms. The summed E-state index contributed by atoms with van der Waals surface area (Å²) in [6.07, 6.45) is -0.371. The highest BCUT2D eigenvalue weighted by Crippen LogP contribution is 2.46. The molecular formula is C23H23AlF3N5O3. The van der Waals surface area contributed by atoms with Gasteiger partial charge in [0.15, 0.2) is 0 Å². The number of hydrogen-bond acceptors (Lipinski definition) is 5. The van der Waals surface area contributed by atoms with Crippen LogP contribution in [0.3, 0.4) is 0 Å². The van der Waals surface area contributed by atoms with Crippen molar-refractivity contribution in [1.82, 2.24) is 20.2 Å². The Hall–Kier alpha value is -2.97. The lowest BCUT2D eigenvalue weighted by molar-refractivity contribution is -0.169.